The van der Waals surface area contributed by atoms with Crippen LogP contribution in [0.5, 0.6) is 0 Å². The molecule has 6 heteroatoms. The number of carbonyl (C=O) groups is 1. The molecule has 1 aromatic rings. The standard InChI is InChI=1S/C14H12N2O3S/c1-3-11(16(18)19)13(4-2)20-14-8-6-5-7-10(14)12(17)9-15/h3-8H,1-2H3/b11-3+,13-4+. The Morgan fingerprint density at radius 3 is 2.50 bits per heavy atom. The predicted octanol–water partition coefficient (Wildman–Crippen LogP) is 3.57. The zero-order chi connectivity index (χ0) is 15.1. The van der Waals surface area contributed by atoms with E-state index in [9.17, 15) is 14.9 Å². The van der Waals surface area contributed by atoms with Crippen LogP contribution in [0.2, 0.25) is 0 Å². The third-order valence-corrected chi connectivity index (χ3v) is 3.68. The van der Waals surface area contributed by atoms with Crippen LogP contribution in [0.25, 0.3) is 0 Å². The summed E-state index contributed by atoms with van der Waals surface area (Å²) in [5.74, 6) is -0.660. The molecular formula is C14H12N2O3S. The minimum absolute atomic E-state index is 0.0308. The molecule has 0 unspecified atom stereocenters. The number of allylic oxidation sites excluding steroid dienone is 2. The first-order valence-electron chi connectivity index (χ1n) is 5.73. The number of nitro groups is 1. The van der Waals surface area contributed by atoms with Gasteiger partial charge in [0.25, 0.3) is 11.5 Å². The molecule has 0 atom stereocenters. The van der Waals surface area contributed by atoms with Crippen LogP contribution in [0.3, 0.4) is 0 Å². The smallest absolute Gasteiger partial charge is 0.277 e. The highest BCUT2D eigenvalue weighted by Gasteiger charge is 2.19. The molecule has 1 rings (SSSR count). The molecule has 5 nitrogen and oxygen atoms in total. The molecular weight excluding hydrogens is 276 g/mol. The largest absolute Gasteiger partial charge is 0.278 e. The van der Waals surface area contributed by atoms with Crippen molar-refractivity contribution in [2.24, 2.45) is 0 Å². The third kappa shape index (κ3) is 3.56. The SMILES string of the molecule is C/C=C(Sc1ccccc1C(=O)C#N)\C(=C/C)[N+](=O)[O-]. The maximum atomic E-state index is 11.5. The van der Waals surface area contributed by atoms with Crippen molar-refractivity contribution in [2.45, 2.75) is 18.7 Å². The highest BCUT2D eigenvalue weighted by molar-refractivity contribution is 8.03. The minimum atomic E-state index is -0.660. The molecule has 0 aliphatic heterocycles. The summed E-state index contributed by atoms with van der Waals surface area (Å²) in [6.45, 7) is 3.26. The van der Waals surface area contributed by atoms with Gasteiger partial charge in [0.1, 0.15) is 6.07 Å². The van der Waals surface area contributed by atoms with Gasteiger partial charge in [-0.2, -0.15) is 5.26 Å². The molecule has 20 heavy (non-hydrogen) atoms. The maximum absolute atomic E-state index is 11.5. The van der Waals surface area contributed by atoms with Crippen LogP contribution < -0.4 is 0 Å². The summed E-state index contributed by atoms with van der Waals surface area (Å²) in [5.41, 5.74) is 0.217. The fraction of sp³-hybridized carbons (Fsp3) is 0.143. The van der Waals surface area contributed by atoms with Crippen molar-refractivity contribution in [1.82, 2.24) is 0 Å². The monoisotopic (exact) mass is 288 g/mol. The zero-order valence-corrected chi connectivity index (χ0v) is 11.8. The van der Waals surface area contributed by atoms with Crippen molar-refractivity contribution in [1.29, 1.82) is 5.26 Å². The van der Waals surface area contributed by atoms with E-state index in [0.717, 1.165) is 11.8 Å². The van der Waals surface area contributed by atoms with Gasteiger partial charge in [-0.3, -0.25) is 14.9 Å². The number of hydrogen-bond acceptors (Lipinski definition) is 5. The highest BCUT2D eigenvalue weighted by Crippen LogP contribution is 2.34. The lowest BCUT2D eigenvalue weighted by Crippen LogP contribution is -2.01. The maximum Gasteiger partial charge on any atom is 0.278 e. The van der Waals surface area contributed by atoms with Crippen molar-refractivity contribution in [2.75, 3.05) is 0 Å². The Balaban J connectivity index is 3.19. The Morgan fingerprint density at radius 1 is 1.35 bits per heavy atom. The fourth-order valence-corrected chi connectivity index (χ4v) is 2.59. The number of nitrogens with zero attached hydrogens (tertiary/aromatic N) is 2. The first-order chi connectivity index (χ1) is 9.54. The first kappa shape index (κ1) is 15.7. The first-order valence-corrected chi connectivity index (χ1v) is 6.55. The lowest BCUT2D eigenvalue weighted by molar-refractivity contribution is -0.419. The molecule has 0 saturated carbocycles. The number of benzene rings is 1. The van der Waals surface area contributed by atoms with Crippen LogP contribution in [-0.4, -0.2) is 10.7 Å². The van der Waals surface area contributed by atoms with Crippen molar-refractivity contribution >= 4 is 17.5 Å². The number of rotatable bonds is 5. The Kier molecular flexibility index (Phi) is 5.69. The lowest BCUT2D eigenvalue weighted by atomic mass is 10.1. The molecule has 1 aromatic carbocycles. The van der Waals surface area contributed by atoms with Gasteiger partial charge in [0.15, 0.2) is 0 Å². The third-order valence-electron chi connectivity index (χ3n) is 2.44. The van der Waals surface area contributed by atoms with Gasteiger partial charge < -0.3 is 0 Å². The van der Waals surface area contributed by atoms with E-state index < -0.39 is 10.7 Å². The second kappa shape index (κ2) is 7.26. The number of nitriles is 1. The van der Waals surface area contributed by atoms with Gasteiger partial charge in [0, 0.05) is 10.5 Å². The Hall–Kier alpha value is -2.39. The summed E-state index contributed by atoms with van der Waals surface area (Å²) < 4.78 is 0. The van der Waals surface area contributed by atoms with Gasteiger partial charge in [0.05, 0.1) is 9.83 Å². The van der Waals surface area contributed by atoms with Gasteiger partial charge >= 0.3 is 0 Å². The van der Waals surface area contributed by atoms with Crippen molar-refractivity contribution in [3.63, 3.8) is 0 Å². The highest BCUT2D eigenvalue weighted by atomic mass is 32.2. The van der Waals surface area contributed by atoms with E-state index >= 15 is 0 Å². The summed E-state index contributed by atoms with van der Waals surface area (Å²) in [6, 6.07) is 8.11. The normalized spacial score (nSPS) is 11.8. The van der Waals surface area contributed by atoms with Crippen molar-refractivity contribution in [3.05, 3.63) is 62.7 Å². The Bertz CT molecular complexity index is 642. The fourth-order valence-electron chi connectivity index (χ4n) is 1.52. The molecule has 102 valence electrons. The van der Waals surface area contributed by atoms with Crippen LogP contribution >= 0.6 is 11.8 Å². The molecule has 0 spiro atoms. The van der Waals surface area contributed by atoms with E-state index in [4.69, 9.17) is 5.26 Å². The molecule has 0 saturated heterocycles. The summed E-state index contributed by atoms with van der Waals surface area (Å²) in [7, 11) is 0. The van der Waals surface area contributed by atoms with E-state index in [0.29, 0.717) is 9.80 Å². The zero-order valence-electron chi connectivity index (χ0n) is 11.0. The van der Waals surface area contributed by atoms with E-state index in [1.807, 2.05) is 0 Å². The number of hydrogen-bond donors (Lipinski definition) is 0. The molecule has 0 fully saturated rings. The average Bonchev–Trinajstić information content (AvgIpc) is 2.46. The van der Waals surface area contributed by atoms with Crippen LogP contribution in [-0.2, 0) is 0 Å². The van der Waals surface area contributed by atoms with Gasteiger partial charge in [-0.25, -0.2) is 0 Å². The Morgan fingerprint density at radius 2 is 2.00 bits per heavy atom. The average molecular weight is 288 g/mol. The number of thioether (sulfide) groups is 1. The van der Waals surface area contributed by atoms with E-state index in [2.05, 4.69) is 0 Å². The summed E-state index contributed by atoms with van der Waals surface area (Å²) in [5, 5.41) is 19.7. The van der Waals surface area contributed by atoms with Gasteiger partial charge in [-0.1, -0.05) is 30.0 Å². The van der Waals surface area contributed by atoms with E-state index in [1.165, 1.54) is 12.1 Å². The summed E-state index contributed by atoms with van der Waals surface area (Å²) in [6.07, 6.45) is 3.01. The molecule has 0 bridgehead atoms. The Labute approximate surface area is 120 Å². The van der Waals surface area contributed by atoms with E-state index in [1.54, 1.807) is 44.2 Å². The molecule has 0 heterocycles. The quantitative estimate of drug-likeness (QED) is 0.206. The minimum Gasteiger partial charge on any atom is -0.277 e. The van der Waals surface area contributed by atoms with Gasteiger partial charge in [0.2, 0.25) is 0 Å². The van der Waals surface area contributed by atoms with Crippen LogP contribution in [0.4, 0.5) is 0 Å². The molecule has 0 aliphatic carbocycles. The number of ketones is 1. The second-order valence-electron chi connectivity index (χ2n) is 3.62. The molecule has 0 N–H and O–H groups in total. The molecule has 0 amide bonds. The van der Waals surface area contributed by atoms with Crippen LogP contribution in [0, 0.1) is 21.4 Å². The van der Waals surface area contributed by atoms with E-state index in [-0.39, 0.29) is 11.3 Å². The predicted molar refractivity (Wildman–Crippen MR) is 76.8 cm³/mol. The van der Waals surface area contributed by atoms with Crippen molar-refractivity contribution in [3.8, 4) is 6.07 Å². The number of Topliss-reactive ketones (excluding diaryl/α,β-unsaturated/α-hetero) is 1. The number of carbonyl (C=O) groups excluding carboxylic acids is 1. The summed E-state index contributed by atoms with van der Waals surface area (Å²) >= 11 is 1.10. The van der Waals surface area contributed by atoms with Gasteiger partial charge in [-0.05, 0) is 32.1 Å². The second-order valence-corrected chi connectivity index (χ2v) is 4.71. The lowest BCUT2D eigenvalue weighted by Gasteiger charge is -2.07. The van der Waals surface area contributed by atoms with Gasteiger partial charge in [-0.15, -0.1) is 0 Å². The van der Waals surface area contributed by atoms with Crippen molar-refractivity contribution < 1.29 is 9.72 Å². The molecule has 0 aliphatic rings. The topological polar surface area (TPSA) is 84.0 Å². The summed E-state index contributed by atoms with van der Waals surface area (Å²) in [4.78, 5) is 23.0. The van der Waals surface area contributed by atoms with Crippen LogP contribution in [0.15, 0.2) is 51.9 Å². The molecule has 0 aromatic heterocycles. The van der Waals surface area contributed by atoms with Crippen LogP contribution in [0.1, 0.15) is 24.2 Å². The molecule has 0 radical (unpaired) electrons.